The summed E-state index contributed by atoms with van der Waals surface area (Å²) in [4.78, 5) is 31.9. The van der Waals surface area contributed by atoms with Gasteiger partial charge in [-0.3, -0.25) is 9.78 Å². The van der Waals surface area contributed by atoms with Crippen LogP contribution in [0.2, 0.25) is 0 Å². The zero-order valence-corrected chi connectivity index (χ0v) is 21.7. The number of anilines is 3. The number of carbonyl (C=O) groups excluding carboxylic acids is 1. The zero-order chi connectivity index (χ0) is 25.6. The van der Waals surface area contributed by atoms with Gasteiger partial charge in [-0.15, -0.1) is 0 Å². The summed E-state index contributed by atoms with van der Waals surface area (Å²) in [5, 5.41) is 3.23. The predicted octanol–water partition coefficient (Wildman–Crippen LogP) is 4.37. The molecule has 1 N–H and O–H groups in total. The van der Waals surface area contributed by atoms with E-state index in [1.807, 2.05) is 31.3 Å². The molecule has 0 bridgehead atoms. The van der Waals surface area contributed by atoms with E-state index >= 15 is 0 Å². The molecule has 1 saturated heterocycles. The molecular formula is C29H36N6O2. The Kier molecular flexibility index (Phi) is 7.94. The third-order valence-corrected chi connectivity index (χ3v) is 7.31. The topological polar surface area (TPSA) is 83.5 Å². The molecule has 4 heterocycles. The van der Waals surface area contributed by atoms with Gasteiger partial charge in [-0.2, -0.15) is 4.98 Å². The second-order valence-corrected chi connectivity index (χ2v) is 9.88. The van der Waals surface area contributed by atoms with Crippen LogP contribution < -0.4 is 15.1 Å². The van der Waals surface area contributed by atoms with Crippen LogP contribution in [-0.4, -0.2) is 59.7 Å². The van der Waals surface area contributed by atoms with Crippen LogP contribution >= 0.6 is 0 Å². The maximum absolute atomic E-state index is 13.1. The molecule has 2 aromatic rings. The largest absolute Gasteiger partial charge is 0.378 e. The maximum Gasteiger partial charge on any atom is 0.247 e. The molecule has 1 aliphatic carbocycles. The lowest BCUT2D eigenvalue weighted by molar-refractivity contribution is -0.118. The minimum absolute atomic E-state index is 0.0158. The molecule has 8 nitrogen and oxygen atoms in total. The molecule has 3 aliphatic rings. The van der Waals surface area contributed by atoms with Crippen molar-refractivity contribution in [1.29, 1.82) is 0 Å². The average Bonchev–Trinajstić information content (AvgIpc) is 3.38. The van der Waals surface area contributed by atoms with Gasteiger partial charge in [0.2, 0.25) is 11.9 Å². The first-order chi connectivity index (χ1) is 18.1. The van der Waals surface area contributed by atoms with E-state index in [0.717, 1.165) is 67.2 Å². The van der Waals surface area contributed by atoms with Gasteiger partial charge in [-0.25, -0.2) is 4.98 Å². The van der Waals surface area contributed by atoms with Gasteiger partial charge in [0.25, 0.3) is 0 Å². The highest BCUT2D eigenvalue weighted by molar-refractivity contribution is 5.96. The first kappa shape index (κ1) is 25.1. The van der Waals surface area contributed by atoms with Crippen molar-refractivity contribution in [2.75, 3.05) is 42.6 Å². The summed E-state index contributed by atoms with van der Waals surface area (Å²) in [6, 6.07) is 4.26. The molecule has 1 saturated carbocycles. The molecule has 8 heteroatoms. The molecule has 0 aromatic carbocycles. The van der Waals surface area contributed by atoms with Gasteiger partial charge in [-0.1, -0.05) is 38.0 Å². The Hall–Kier alpha value is -3.52. The molecule has 0 spiro atoms. The number of morpholine rings is 1. The fourth-order valence-corrected chi connectivity index (χ4v) is 5.32. The average molecular weight is 501 g/mol. The van der Waals surface area contributed by atoms with Crippen molar-refractivity contribution in [3.8, 4) is 0 Å². The Morgan fingerprint density at radius 1 is 1.16 bits per heavy atom. The smallest absolute Gasteiger partial charge is 0.247 e. The normalized spacial score (nSPS) is 19.1. The van der Waals surface area contributed by atoms with E-state index in [4.69, 9.17) is 14.7 Å². The molecular weight excluding hydrogens is 464 g/mol. The van der Waals surface area contributed by atoms with Crippen LogP contribution in [0.5, 0.6) is 0 Å². The third kappa shape index (κ3) is 5.74. The monoisotopic (exact) mass is 500 g/mol. The number of hydrogen-bond donors (Lipinski definition) is 1. The van der Waals surface area contributed by atoms with Crippen LogP contribution in [0, 0.1) is 0 Å². The SMILES string of the molecule is C=C/C=C(\C=C(/C)C(=O)NC1CCCCC1)c1nc(N2CCOCC2)nc2c1CCN2c1cccnc1. The van der Waals surface area contributed by atoms with Gasteiger partial charge in [0.15, 0.2) is 0 Å². The van der Waals surface area contributed by atoms with E-state index in [-0.39, 0.29) is 11.9 Å². The van der Waals surface area contributed by atoms with Crippen molar-refractivity contribution < 1.29 is 9.53 Å². The van der Waals surface area contributed by atoms with E-state index in [2.05, 4.69) is 32.7 Å². The number of fused-ring (bicyclic) bond motifs is 1. The summed E-state index contributed by atoms with van der Waals surface area (Å²) >= 11 is 0. The lowest BCUT2D eigenvalue weighted by Gasteiger charge is -2.28. The summed E-state index contributed by atoms with van der Waals surface area (Å²) in [5.41, 5.74) is 4.47. The van der Waals surface area contributed by atoms with E-state index < -0.39 is 0 Å². The zero-order valence-electron chi connectivity index (χ0n) is 21.7. The first-order valence-electron chi connectivity index (χ1n) is 13.4. The molecule has 0 unspecified atom stereocenters. The number of carbonyl (C=O) groups is 1. The quantitative estimate of drug-likeness (QED) is 0.447. The van der Waals surface area contributed by atoms with Gasteiger partial charge < -0.3 is 19.9 Å². The van der Waals surface area contributed by atoms with Crippen LogP contribution in [0.1, 0.15) is 50.3 Å². The minimum atomic E-state index is -0.0158. The number of ether oxygens (including phenoxy) is 1. The predicted molar refractivity (Wildman–Crippen MR) is 147 cm³/mol. The summed E-state index contributed by atoms with van der Waals surface area (Å²) < 4.78 is 5.57. The third-order valence-electron chi connectivity index (χ3n) is 7.31. The fourth-order valence-electron chi connectivity index (χ4n) is 5.32. The van der Waals surface area contributed by atoms with E-state index in [1.54, 1.807) is 12.3 Å². The Morgan fingerprint density at radius 3 is 2.70 bits per heavy atom. The molecule has 0 radical (unpaired) electrons. The highest BCUT2D eigenvalue weighted by Gasteiger charge is 2.29. The van der Waals surface area contributed by atoms with E-state index in [0.29, 0.717) is 24.7 Å². The highest BCUT2D eigenvalue weighted by Crippen LogP contribution is 2.38. The number of amides is 1. The lowest BCUT2D eigenvalue weighted by Crippen LogP contribution is -2.37. The van der Waals surface area contributed by atoms with Crippen LogP contribution in [0.3, 0.4) is 0 Å². The van der Waals surface area contributed by atoms with Crippen molar-refractivity contribution >= 4 is 28.9 Å². The number of allylic oxidation sites excluding steroid dienone is 4. The second-order valence-electron chi connectivity index (χ2n) is 9.88. The number of rotatable bonds is 7. The van der Waals surface area contributed by atoms with Crippen LogP contribution in [0.15, 0.2) is 54.9 Å². The van der Waals surface area contributed by atoms with Crippen molar-refractivity contribution in [2.24, 2.45) is 0 Å². The van der Waals surface area contributed by atoms with Crippen molar-refractivity contribution in [3.63, 3.8) is 0 Å². The summed E-state index contributed by atoms with van der Waals surface area (Å²) in [7, 11) is 0. The highest BCUT2D eigenvalue weighted by atomic mass is 16.5. The van der Waals surface area contributed by atoms with Crippen LogP contribution in [0.25, 0.3) is 5.57 Å². The summed E-state index contributed by atoms with van der Waals surface area (Å²) in [5.74, 6) is 1.56. The Morgan fingerprint density at radius 2 is 1.97 bits per heavy atom. The van der Waals surface area contributed by atoms with Gasteiger partial charge in [0, 0.05) is 48.6 Å². The van der Waals surface area contributed by atoms with E-state index in [9.17, 15) is 4.79 Å². The molecule has 194 valence electrons. The minimum Gasteiger partial charge on any atom is -0.378 e. The number of aromatic nitrogens is 3. The summed E-state index contributed by atoms with van der Waals surface area (Å²) in [6.07, 6.45) is 15.8. The first-order valence-corrected chi connectivity index (χ1v) is 13.4. The fraction of sp³-hybridized carbons (Fsp3) is 0.448. The second kappa shape index (κ2) is 11.7. The number of hydrogen-bond acceptors (Lipinski definition) is 7. The maximum atomic E-state index is 13.1. The van der Waals surface area contributed by atoms with Crippen molar-refractivity contribution in [1.82, 2.24) is 20.3 Å². The molecule has 2 aromatic heterocycles. The lowest BCUT2D eigenvalue weighted by atomic mass is 9.95. The molecule has 2 fully saturated rings. The standard InChI is InChI=1S/C29H36N6O2/c1-3-8-22(19-21(2)28(36)31-23-9-5-4-6-10-23)26-25-12-14-35(24-11-7-13-30-20-24)27(25)33-29(32-26)34-15-17-37-18-16-34/h3,7-8,11,13,19-20,23H,1,4-6,9-10,12,14-18H2,2H3,(H,31,36)/b21-19+,22-8+. The number of nitrogens with zero attached hydrogens (tertiary/aromatic N) is 5. The molecule has 5 rings (SSSR count). The van der Waals surface area contributed by atoms with Crippen molar-refractivity contribution in [3.05, 3.63) is 66.2 Å². The van der Waals surface area contributed by atoms with Gasteiger partial charge in [0.1, 0.15) is 5.82 Å². The van der Waals surface area contributed by atoms with E-state index in [1.165, 1.54) is 19.3 Å². The Bertz CT molecular complexity index is 1180. The number of nitrogens with one attached hydrogen (secondary N) is 1. The molecule has 2 aliphatic heterocycles. The Labute approximate surface area is 219 Å². The summed E-state index contributed by atoms with van der Waals surface area (Å²) in [6.45, 7) is 9.40. The molecule has 1 amide bonds. The van der Waals surface area contributed by atoms with Gasteiger partial charge in [0.05, 0.1) is 30.8 Å². The number of pyridine rings is 1. The molecule has 0 atom stereocenters. The van der Waals surface area contributed by atoms with Crippen LogP contribution in [-0.2, 0) is 16.0 Å². The van der Waals surface area contributed by atoms with Gasteiger partial charge in [-0.05, 0) is 44.4 Å². The van der Waals surface area contributed by atoms with Crippen LogP contribution in [0.4, 0.5) is 17.5 Å². The molecule has 37 heavy (non-hydrogen) atoms. The van der Waals surface area contributed by atoms with Crippen molar-refractivity contribution in [2.45, 2.75) is 51.5 Å². The Balaban J connectivity index is 1.52. The van der Waals surface area contributed by atoms with Gasteiger partial charge >= 0.3 is 0 Å².